The molecule has 3 nitrogen and oxygen atoms in total. The Morgan fingerprint density at radius 2 is 0.889 bits per heavy atom. The van der Waals surface area contributed by atoms with Crippen molar-refractivity contribution in [2.75, 3.05) is 0 Å². The van der Waals surface area contributed by atoms with E-state index >= 15 is 0 Å². The summed E-state index contributed by atoms with van der Waals surface area (Å²) in [5.41, 5.74) is 0. The predicted octanol–water partition coefficient (Wildman–Crippen LogP) is 2.61. The molecule has 0 aromatic carbocycles. The average Bonchev–Trinajstić information content (AvgIpc) is 1.59. The van der Waals surface area contributed by atoms with E-state index in [2.05, 4.69) is 11.3 Å². The van der Waals surface area contributed by atoms with E-state index in [0.29, 0.717) is 0 Å². The molecule has 0 amide bonds. The Labute approximate surface area is 73.3 Å². The fraction of sp³-hybridized carbons (Fsp3) is 0. The average molecular weight is 245 g/mol. The lowest BCUT2D eigenvalue weighted by Gasteiger charge is -1.96. The highest BCUT2D eigenvalue weighted by molar-refractivity contribution is 8.28. The number of nitrogens with zero attached hydrogens (tertiary/aromatic N) is 3. The Kier molecular flexibility index (Phi) is 3.40. The van der Waals surface area contributed by atoms with Crippen LogP contribution in [0.2, 0.25) is 0 Å². The van der Waals surface area contributed by atoms with Crippen LogP contribution in [0.1, 0.15) is 0 Å². The van der Waals surface area contributed by atoms with E-state index in [4.69, 9.17) is 32.0 Å². The van der Waals surface area contributed by atoms with Gasteiger partial charge in [0.15, 0.2) is 0 Å². The molecule has 0 aromatic rings. The summed E-state index contributed by atoms with van der Waals surface area (Å²) in [7, 11) is 13.9. The van der Waals surface area contributed by atoms with Crippen LogP contribution in [0, 0.1) is 0 Å². The molecule has 9 heteroatoms. The molecule has 0 atom stereocenters. The van der Waals surface area contributed by atoms with Crippen LogP contribution in [0.15, 0.2) is 11.3 Å². The monoisotopic (exact) mass is 243 g/mol. The van der Waals surface area contributed by atoms with Gasteiger partial charge in [0.2, 0.25) is 0 Å². The van der Waals surface area contributed by atoms with Gasteiger partial charge < -0.3 is 0 Å². The standard InChI is InChI=1S/Cl3N3S3/c1-7-4-8(2)6-9(3)5-7. The van der Waals surface area contributed by atoms with Gasteiger partial charge in [-0.2, -0.15) is 0 Å². The first-order chi connectivity index (χ1) is 4.18. The summed E-state index contributed by atoms with van der Waals surface area (Å²) in [6.45, 7) is 0. The Morgan fingerprint density at radius 3 is 1.11 bits per heavy atom. The van der Waals surface area contributed by atoms with Gasteiger partial charge >= 0.3 is 0 Å². The quantitative estimate of drug-likeness (QED) is 0.628. The summed E-state index contributed by atoms with van der Waals surface area (Å²) in [6.07, 6.45) is 0. The molecule has 0 saturated heterocycles. The Balaban J connectivity index is 2.98. The fourth-order valence-electron chi connectivity index (χ4n) is 0.193. The van der Waals surface area contributed by atoms with Gasteiger partial charge in [-0.05, 0) is 32.0 Å². The minimum absolute atomic E-state index is 0.861. The van der Waals surface area contributed by atoms with Gasteiger partial charge in [0.25, 0.3) is 0 Å². The normalized spacial score (nSPS) is 42.3. The minimum atomic E-state index is -0.861. The maximum Gasteiger partial charge on any atom is 0.135 e. The molecule has 0 radical (unpaired) electrons. The van der Waals surface area contributed by atoms with Crippen molar-refractivity contribution in [1.29, 1.82) is 0 Å². The van der Waals surface area contributed by atoms with E-state index in [9.17, 15) is 0 Å². The van der Waals surface area contributed by atoms with Gasteiger partial charge in [-0.15, -0.1) is 11.3 Å². The van der Waals surface area contributed by atoms with Gasteiger partial charge in [-0.25, -0.2) is 0 Å². The van der Waals surface area contributed by atoms with Crippen LogP contribution in [0.3, 0.4) is 0 Å². The Morgan fingerprint density at radius 1 is 0.667 bits per heavy atom. The van der Waals surface area contributed by atoms with Crippen molar-refractivity contribution in [2.45, 2.75) is 0 Å². The molecule has 0 aromatic heterocycles. The minimum Gasteiger partial charge on any atom is -0.129 e. The molecule has 1 aliphatic heterocycles. The summed E-state index contributed by atoms with van der Waals surface area (Å²) in [4.78, 5) is 0. The molecule has 0 unspecified atom stereocenters. The zero-order valence-electron chi connectivity index (χ0n) is 3.70. The van der Waals surface area contributed by atoms with Crippen LogP contribution in [0.25, 0.3) is 0 Å². The van der Waals surface area contributed by atoms with E-state index in [0.717, 1.165) is 0 Å². The second kappa shape index (κ2) is 3.64. The van der Waals surface area contributed by atoms with Crippen molar-refractivity contribution in [3.05, 3.63) is 0 Å². The molecule has 0 saturated carbocycles. The topological polar surface area (TPSA) is 37.1 Å². The van der Waals surface area contributed by atoms with Crippen LogP contribution >= 0.6 is 32.0 Å². The summed E-state index contributed by atoms with van der Waals surface area (Å²) in [5.74, 6) is 0. The molecule has 0 N–H and O–H groups in total. The highest BCUT2D eigenvalue weighted by Gasteiger charge is 2.01. The summed E-state index contributed by atoms with van der Waals surface area (Å²) >= 11 is 0. The first-order valence-electron chi connectivity index (χ1n) is 1.56. The van der Waals surface area contributed by atoms with E-state index < -0.39 is 30.3 Å². The summed E-state index contributed by atoms with van der Waals surface area (Å²) < 4.78 is 11.1. The first kappa shape index (κ1) is 8.42. The van der Waals surface area contributed by atoms with Crippen LogP contribution in [0.5, 0.6) is 0 Å². The lowest BCUT2D eigenvalue weighted by Crippen LogP contribution is -1.84. The van der Waals surface area contributed by atoms with E-state index in [1.807, 2.05) is 0 Å². The van der Waals surface area contributed by atoms with E-state index in [1.54, 1.807) is 0 Å². The van der Waals surface area contributed by atoms with Crippen molar-refractivity contribution in [1.82, 2.24) is 0 Å². The van der Waals surface area contributed by atoms with Crippen molar-refractivity contribution < 1.29 is 0 Å². The van der Waals surface area contributed by atoms with Crippen LogP contribution in [-0.2, 0) is 30.3 Å². The molecule has 0 fully saturated rings. The Hall–Kier alpha value is 1.32. The van der Waals surface area contributed by atoms with Gasteiger partial charge in [0.1, 0.15) is 30.3 Å². The van der Waals surface area contributed by atoms with Crippen molar-refractivity contribution in [3.63, 3.8) is 0 Å². The van der Waals surface area contributed by atoms with Crippen molar-refractivity contribution in [2.24, 2.45) is 11.3 Å². The van der Waals surface area contributed by atoms with Crippen molar-refractivity contribution in [3.8, 4) is 0 Å². The largest absolute Gasteiger partial charge is 0.135 e. The number of hydrogen-bond donors (Lipinski definition) is 0. The van der Waals surface area contributed by atoms with E-state index in [1.165, 1.54) is 0 Å². The highest BCUT2D eigenvalue weighted by Crippen LogP contribution is 2.16. The zero-order chi connectivity index (χ0) is 6.85. The third-order valence-corrected chi connectivity index (χ3v) is 6.36. The lowest BCUT2D eigenvalue weighted by molar-refractivity contribution is 1.87. The van der Waals surface area contributed by atoms with Gasteiger partial charge in [-0.3, -0.25) is 0 Å². The Bertz CT molecular complexity index is 170. The molecule has 1 rings (SSSR count). The number of rotatable bonds is 0. The number of halogens is 3. The summed E-state index contributed by atoms with van der Waals surface area (Å²) in [5, 5.41) is 0. The third-order valence-electron chi connectivity index (χ3n) is 0.369. The second-order valence-corrected chi connectivity index (χ2v) is 6.47. The molecular weight excluding hydrogens is 245 g/mol. The highest BCUT2D eigenvalue weighted by atomic mass is 35.7. The lowest BCUT2D eigenvalue weighted by atomic mass is 13.8. The maximum absolute atomic E-state index is 5.49. The third kappa shape index (κ3) is 2.81. The summed E-state index contributed by atoms with van der Waals surface area (Å²) in [6, 6.07) is 0. The molecule has 54 valence electrons. The van der Waals surface area contributed by atoms with Gasteiger partial charge in [-0.1, -0.05) is 0 Å². The molecule has 0 aliphatic carbocycles. The van der Waals surface area contributed by atoms with Crippen LogP contribution in [0.4, 0.5) is 0 Å². The van der Waals surface area contributed by atoms with Crippen LogP contribution < -0.4 is 0 Å². The number of hydrogen-bond acceptors (Lipinski definition) is 3. The van der Waals surface area contributed by atoms with Gasteiger partial charge in [0.05, 0.1) is 0 Å². The fourth-order valence-corrected chi connectivity index (χ4v) is 6.13. The second-order valence-electron chi connectivity index (χ2n) is 0.883. The molecule has 0 bridgehead atoms. The predicted molar refractivity (Wildman–Crippen MR) is 46.9 cm³/mol. The molecule has 1 heterocycles. The zero-order valence-corrected chi connectivity index (χ0v) is 8.42. The smallest absolute Gasteiger partial charge is 0.129 e. The van der Waals surface area contributed by atoms with Crippen LogP contribution in [-0.4, -0.2) is 0 Å². The first-order valence-corrected chi connectivity index (χ1v) is 7.45. The molecule has 0 spiro atoms. The van der Waals surface area contributed by atoms with E-state index in [-0.39, 0.29) is 0 Å². The molecule has 9 heavy (non-hydrogen) atoms. The molecular formula is Cl3N3S3. The molecule has 1 aliphatic rings. The SMILES string of the molecule is ClS1=NS(Cl)=NS(Cl)=N1. The maximum atomic E-state index is 5.49. The van der Waals surface area contributed by atoms with Gasteiger partial charge in [0, 0.05) is 0 Å². The van der Waals surface area contributed by atoms with Crippen molar-refractivity contribution >= 4 is 62.3 Å².